The first-order chi connectivity index (χ1) is 10.7. The van der Waals surface area contributed by atoms with Gasteiger partial charge in [-0.3, -0.25) is 9.78 Å². The minimum Gasteiger partial charge on any atom is -0.371 e. The van der Waals surface area contributed by atoms with E-state index in [1.54, 1.807) is 6.20 Å². The summed E-state index contributed by atoms with van der Waals surface area (Å²) in [6.45, 7) is 4.60. The van der Waals surface area contributed by atoms with Crippen LogP contribution in [0.15, 0.2) is 24.4 Å². The maximum absolute atomic E-state index is 12.2. The molecule has 2 aliphatic heterocycles. The number of ether oxygens (including phenoxy) is 1. The van der Waals surface area contributed by atoms with Gasteiger partial charge in [-0.1, -0.05) is 13.0 Å². The molecule has 118 valence electrons. The normalized spacial score (nSPS) is 32.0. The van der Waals surface area contributed by atoms with Crippen LogP contribution in [0, 0.1) is 11.8 Å². The van der Waals surface area contributed by atoms with E-state index in [1.807, 2.05) is 30.0 Å². The molecule has 1 amide bonds. The second-order valence-electron chi connectivity index (χ2n) is 6.97. The monoisotopic (exact) mass is 318 g/mol. The van der Waals surface area contributed by atoms with Gasteiger partial charge in [-0.05, 0) is 30.9 Å². The molecule has 3 unspecified atom stereocenters. The highest BCUT2D eigenvalue weighted by Gasteiger charge is 2.53. The van der Waals surface area contributed by atoms with Crippen LogP contribution < -0.4 is 0 Å². The number of nitrogens with zero attached hydrogens (tertiary/aromatic N) is 2. The quantitative estimate of drug-likeness (QED) is 0.854. The first kappa shape index (κ1) is 14.5. The van der Waals surface area contributed by atoms with E-state index in [1.165, 1.54) is 0 Å². The molecular formula is C17H22N2O2S. The molecule has 1 aromatic rings. The predicted molar refractivity (Wildman–Crippen MR) is 86.5 cm³/mol. The first-order valence-corrected chi connectivity index (χ1v) is 9.08. The Balaban J connectivity index is 1.24. The lowest BCUT2D eigenvalue weighted by Gasteiger charge is -2.47. The predicted octanol–water partition coefficient (Wildman–Crippen LogP) is 2.34. The summed E-state index contributed by atoms with van der Waals surface area (Å²) in [5, 5.41) is 0. The number of carbonyl (C=O) groups excluding carboxylic acids is 1. The maximum Gasteiger partial charge on any atom is 0.226 e. The highest BCUT2D eigenvalue weighted by atomic mass is 32.2. The molecule has 22 heavy (non-hydrogen) atoms. The van der Waals surface area contributed by atoms with E-state index in [2.05, 4.69) is 16.8 Å². The molecule has 1 aliphatic carbocycles. The van der Waals surface area contributed by atoms with Crippen LogP contribution in [-0.4, -0.2) is 45.5 Å². The van der Waals surface area contributed by atoms with Gasteiger partial charge in [0.05, 0.1) is 23.2 Å². The first-order valence-electron chi connectivity index (χ1n) is 8.09. The number of carbonyl (C=O) groups is 1. The number of rotatable bonds is 4. The molecule has 3 fully saturated rings. The minimum absolute atomic E-state index is 0.266. The number of thioether (sulfide) groups is 1. The lowest BCUT2D eigenvalue weighted by molar-refractivity contribution is -0.138. The van der Waals surface area contributed by atoms with Gasteiger partial charge in [-0.25, -0.2) is 0 Å². The van der Waals surface area contributed by atoms with E-state index >= 15 is 0 Å². The second-order valence-corrected chi connectivity index (χ2v) is 8.45. The molecule has 3 heterocycles. The zero-order chi connectivity index (χ0) is 15.2. The van der Waals surface area contributed by atoms with E-state index in [0.717, 1.165) is 37.4 Å². The van der Waals surface area contributed by atoms with E-state index in [9.17, 15) is 4.79 Å². The highest BCUT2D eigenvalue weighted by molar-refractivity contribution is 8.01. The molecule has 1 saturated carbocycles. The summed E-state index contributed by atoms with van der Waals surface area (Å²) < 4.78 is 6.27. The number of aromatic nitrogens is 1. The number of likely N-dealkylation sites (tertiary alicyclic amines) is 1. The van der Waals surface area contributed by atoms with Gasteiger partial charge in [-0.2, -0.15) is 0 Å². The summed E-state index contributed by atoms with van der Waals surface area (Å²) in [7, 11) is 0. The van der Waals surface area contributed by atoms with Gasteiger partial charge < -0.3 is 9.64 Å². The van der Waals surface area contributed by atoms with Crippen molar-refractivity contribution in [3.8, 4) is 0 Å². The molecule has 0 aromatic carbocycles. The van der Waals surface area contributed by atoms with Crippen LogP contribution in [0.25, 0.3) is 0 Å². The van der Waals surface area contributed by atoms with Crippen LogP contribution >= 0.6 is 11.8 Å². The fourth-order valence-electron chi connectivity index (χ4n) is 3.52. The summed E-state index contributed by atoms with van der Waals surface area (Å²) in [5.74, 6) is 2.35. The number of amides is 1. The van der Waals surface area contributed by atoms with Crippen LogP contribution in [0.2, 0.25) is 0 Å². The molecule has 4 rings (SSSR count). The molecule has 4 nitrogen and oxygen atoms in total. The Bertz CT molecular complexity index is 559. The standard InChI is InChI=1S/C17H22N2O2S/c1-12-6-15(12)16(20)19-10-17(11-19)7-14(9-22-17)21-8-13-4-2-3-5-18-13/h2-5,12,14-15H,6-11H2,1H3. The van der Waals surface area contributed by atoms with Gasteiger partial charge in [0.2, 0.25) is 5.91 Å². The van der Waals surface area contributed by atoms with Crippen molar-refractivity contribution in [2.24, 2.45) is 11.8 Å². The third-order valence-corrected chi connectivity index (χ3v) is 6.64. The molecule has 0 N–H and O–H groups in total. The smallest absolute Gasteiger partial charge is 0.226 e. The van der Waals surface area contributed by atoms with E-state index < -0.39 is 0 Å². The largest absolute Gasteiger partial charge is 0.371 e. The molecule has 2 saturated heterocycles. The SMILES string of the molecule is CC1CC1C(=O)N1CC2(CC(OCc3ccccn3)CS2)C1. The van der Waals surface area contributed by atoms with Crippen molar-refractivity contribution in [2.75, 3.05) is 18.8 Å². The van der Waals surface area contributed by atoms with Gasteiger partial charge in [-0.15, -0.1) is 11.8 Å². The van der Waals surface area contributed by atoms with Gasteiger partial charge in [0.25, 0.3) is 0 Å². The maximum atomic E-state index is 12.2. The molecular weight excluding hydrogens is 296 g/mol. The molecule has 0 bridgehead atoms. The Morgan fingerprint density at radius 2 is 2.32 bits per heavy atom. The summed E-state index contributed by atoms with van der Waals surface area (Å²) in [5.41, 5.74) is 0.988. The lowest BCUT2D eigenvalue weighted by Crippen LogP contribution is -2.61. The number of hydrogen-bond acceptors (Lipinski definition) is 4. The molecule has 3 aliphatic rings. The minimum atomic E-state index is 0.266. The Labute approximate surface area is 135 Å². The topological polar surface area (TPSA) is 42.4 Å². The van der Waals surface area contributed by atoms with E-state index in [-0.39, 0.29) is 4.75 Å². The third-order valence-electron chi connectivity index (χ3n) is 5.06. The Hall–Kier alpha value is -1.07. The summed E-state index contributed by atoms with van der Waals surface area (Å²) in [6, 6.07) is 5.91. The van der Waals surface area contributed by atoms with Gasteiger partial charge in [0.15, 0.2) is 0 Å². The van der Waals surface area contributed by atoms with Crippen molar-refractivity contribution < 1.29 is 9.53 Å². The average molecular weight is 318 g/mol. The van der Waals surface area contributed by atoms with Crippen LogP contribution in [0.1, 0.15) is 25.5 Å². The fraction of sp³-hybridized carbons (Fsp3) is 0.647. The third kappa shape index (κ3) is 2.76. The van der Waals surface area contributed by atoms with E-state index in [4.69, 9.17) is 4.74 Å². The van der Waals surface area contributed by atoms with Gasteiger partial charge in [0.1, 0.15) is 0 Å². The zero-order valence-corrected chi connectivity index (χ0v) is 13.7. The van der Waals surface area contributed by atoms with E-state index in [0.29, 0.717) is 30.5 Å². The summed E-state index contributed by atoms with van der Waals surface area (Å²) >= 11 is 1.99. The van der Waals surface area contributed by atoms with Crippen molar-refractivity contribution in [1.29, 1.82) is 0 Å². The van der Waals surface area contributed by atoms with Gasteiger partial charge in [0, 0.05) is 31.0 Å². The summed E-state index contributed by atoms with van der Waals surface area (Å²) in [4.78, 5) is 18.6. The van der Waals surface area contributed by atoms with Crippen molar-refractivity contribution in [3.05, 3.63) is 30.1 Å². The van der Waals surface area contributed by atoms with Crippen LogP contribution in [-0.2, 0) is 16.1 Å². The van der Waals surface area contributed by atoms with Gasteiger partial charge >= 0.3 is 0 Å². The van der Waals surface area contributed by atoms with Crippen LogP contribution in [0.4, 0.5) is 0 Å². The van der Waals surface area contributed by atoms with Crippen molar-refractivity contribution in [1.82, 2.24) is 9.88 Å². The fourth-order valence-corrected chi connectivity index (χ4v) is 5.07. The molecule has 1 aromatic heterocycles. The molecule has 0 radical (unpaired) electrons. The van der Waals surface area contributed by atoms with Crippen molar-refractivity contribution in [2.45, 2.75) is 37.2 Å². The Morgan fingerprint density at radius 1 is 1.50 bits per heavy atom. The zero-order valence-electron chi connectivity index (χ0n) is 12.9. The average Bonchev–Trinajstić information content (AvgIpc) is 3.08. The number of pyridine rings is 1. The van der Waals surface area contributed by atoms with Crippen molar-refractivity contribution >= 4 is 17.7 Å². The lowest BCUT2D eigenvalue weighted by atomic mass is 9.92. The summed E-state index contributed by atoms with van der Waals surface area (Å²) in [6.07, 6.45) is 4.25. The highest BCUT2D eigenvalue weighted by Crippen LogP contribution is 2.48. The van der Waals surface area contributed by atoms with Crippen LogP contribution in [0.5, 0.6) is 0 Å². The molecule has 1 spiro atoms. The second kappa shape index (κ2) is 5.53. The Morgan fingerprint density at radius 3 is 3.00 bits per heavy atom. The van der Waals surface area contributed by atoms with Crippen LogP contribution in [0.3, 0.4) is 0 Å². The van der Waals surface area contributed by atoms with Crippen molar-refractivity contribution in [3.63, 3.8) is 0 Å². The molecule has 5 heteroatoms. The Kier molecular flexibility index (Phi) is 3.65. The number of hydrogen-bond donors (Lipinski definition) is 0. The molecule has 3 atom stereocenters.